The number of hydrogen-bond acceptors (Lipinski definition) is 2. The van der Waals surface area contributed by atoms with E-state index in [1.165, 1.54) is 6.42 Å². The van der Waals surface area contributed by atoms with Crippen LogP contribution >= 0.6 is 0 Å². The van der Waals surface area contributed by atoms with Crippen LogP contribution in [0.1, 0.15) is 12.8 Å². The standard InChI is InChI=1S/C4H9N2/c5-4-2-1-3-6-4/h6H,1-3,5H2. The molecule has 35 valence electrons. The number of nitrogens with two attached hydrogens (primary N) is 1. The molecule has 1 aliphatic heterocycles. The Hall–Kier alpha value is -0.0800. The molecule has 0 amide bonds. The second-order valence-electron chi connectivity index (χ2n) is 1.56. The fourth-order valence-corrected chi connectivity index (χ4v) is 0.616. The van der Waals surface area contributed by atoms with Gasteiger partial charge in [-0.3, -0.25) is 5.32 Å². The molecule has 1 heterocycles. The first kappa shape index (κ1) is 4.09. The number of hydrogen-bond donors (Lipinski definition) is 2. The van der Waals surface area contributed by atoms with Gasteiger partial charge in [-0.2, -0.15) is 0 Å². The normalized spacial score (nSPS) is 25.5. The zero-order valence-corrected chi connectivity index (χ0v) is 3.70. The molecule has 0 aliphatic carbocycles. The topological polar surface area (TPSA) is 38.0 Å². The van der Waals surface area contributed by atoms with Gasteiger partial charge in [0.2, 0.25) is 0 Å². The molecule has 1 aliphatic rings. The molecule has 2 nitrogen and oxygen atoms in total. The van der Waals surface area contributed by atoms with Crippen LogP contribution in [0.4, 0.5) is 0 Å². The van der Waals surface area contributed by atoms with Gasteiger partial charge in [0.05, 0.1) is 6.17 Å². The zero-order valence-electron chi connectivity index (χ0n) is 3.70. The fraction of sp³-hybridized carbons (Fsp3) is 0.750. The predicted molar refractivity (Wildman–Crippen MR) is 24.7 cm³/mol. The smallest absolute Gasteiger partial charge is 0.0983 e. The molecule has 1 saturated heterocycles. The molecule has 0 aromatic rings. The summed E-state index contributed by atoms with van der Waals surface area (Å²) in [7, 11) is 0. The summed E-state index contributed by atoms with van der Waals surface area (Å²) < 4.78 is 0. The Bertz CT molecular complexity index is 38.8. The van der Waals surface area contributed by atoms with Crippen molar-refractivity contribution in [3.63, 3.8) is 0 Å². The van der Waals surface area contributed by atoms with Gasteiger partial charge in [-0.25, -0.2) is 0 Å². The molecule has 2 heteroatoms. The number of rotatable bonds is 0. The van der Waals surface area contributed by atoms with Gasteiger partial charge in [-0.05, 0) is 19.4 Å². The van der Waals surface area contributed by atoms with E-state index >= 15 is 0 Å². The first-order chi connectivity index (χ1) is 2.89. The highest BCUT2D eigenvalue weighted by atomic mass is 15.0. The maximum Gasteiger partial charge on any atom is 0.0983 e. The second kappa shape index (κ2) is 1.58. The lowest BCUT2D eigenvalue weighted by atomic mass is 10.3. The fourth-order valence-electron chi connectivity index (χ4n) is 0.616. The third kappa shape index (κ3) is 0.698. The van der Waals surface area contributed by atoms with E-state index in [1.807, 2.05) is 0 Å². The Labute approximate surface area is 37.7 Å². The van der Waals surface area contributed by atoms with E-state index < -0.39 is 0 Å². The van der Waals surface area contributed by atoms with Crippen LogP contribution < -0.4 is 11.1 Å². The van der Waals surface area contributed by atoms with Crippen LogP contribution in [0.15, 0.2) is 0 Å². The van der Waals surface area contributed by atoms with Crippen LogP contribution in [0.3, 0.4) is 0 Å². The molecule has 3 N–H and O–H groups in total. The average Bonchev–Trinajstić information content (AvgIpc) is 1.86. The SMILES string of the molecule is N[C]1CCCN1. The van der Waals surface area contributed by atoms with Crippen molar-refractivity contribution < 1.29 is 0 Å². The molecular formula is C4H9N2. The van der Waals surface area contributed by atoms with Crippen LogP contribution in [0.25, 0.3) is 0 Å². The van der Waals surface area contributed by atoms with Crippen molar-refractivity contribution in [1.29, 1.82) is 0 Å². The van der Waals surface area contributed by atoms with Crippen LogP contribution in [0, 0.1) is 6.17 Å². The Balaban J connectivity index is 2.18. The van der Waals surface area contributed by atoms with Crippen LogP contribution in [0.2, 0.25) is 0 Å². The summed E-state index contributed by atoms with van der Waals surface area (Å²) in [6.07, 6.45) is 3.24. The van der Waals surface area contributed by atoms with Gasteiger partial charge in [-0.1, -0.05) is 0 Å². The second-order valence-corrected chi connectivity index (χ2v) is 1.56. The Kier molecular flexibility index (Phi) is 1.08. The van der Waals surface area contributed by atoms with Gasteiger partial charge in [0.25, 0.3) is 0 Å². The quantitative estimate of drug-likeness (QED) is 0.428. The maximum atomic E-state index is 5.34. The Morgan fingerprint density at radius 1 is 1.67 bits per heavy atom. The van der Waals surface area contributed by atoms with E-state index in [9.17, 15) is 0 Å². The molecular weight excluding hydrogens is 76.1 g/mol. The van der Waals surface area contributed by atoms with Crippen LogP contribution in [-0.2, 0) is 0 Å². The number of nitrogens with one attached hydrogen (secondary N) is 1. The summed E-state index contributed by atoms with van der Waals surface area (Å²) in [6.45, 7) is 1.08. The molecule has 0 unspecified atom stereocenters. The molecule has 1 radical (unpaired) electrons. The van der Waals surface area contributed by atoms with Gasteiger partial charge < -0.3 is 5.73 Å². The lowest BCUT2D eigenvalue weighted by Crippen LogP contribution is -2.20. The summed E-state index contributed by atoms with van der Waals surface area (Å²) in [5, 5.41) is 3.01. The molecule has 1 rings (SSSR count). The van der Waals surface area contributed by atoms with Crippen LogP contribution in [0.5, 0.6) is 0 Å². The minimum atomic E-state index is 0.954. The summed E-state index contributed by atoms with van der Waals surface area (Å²) in [5.41, 5.74) is 5.34. The van der Waals surface area contributed by atoms with E-state index in [4.69, 9.17) is 5.73 Å². The highest BCUT2D eigenvalue weighted by Gasteiger charge is 2.07. The summed E-state index contributed by atoms with van der Waals surface area (Å²) in [5.74, 6) is 0. The van der Waals surface area contributed by atoms with E-state index in [-0.39, 0.29) is 0 Å². The summed E-state index contributed by atoms with van der Waals surface area (Å²) >= 11 is 0. The Morgan fingerprint density at radius 3 is 2.67 bits per heavy atom. The molecule has 0 spiro atoms. The first-order valence-electron chi connectivity index (χ1n) is 2.25. The largest absolute Gasteiger partial charge is 0.311 e. The Morgan fingerprint density at radius 2 is 2.50 bits per heavy atom. The maximum absolute atomic E-state index is 5.34. The third-order valence-corrected chi connectivity index (χ3v) is 0.975. The minimum Gasteiger partial charge on any atom is -0.311 e. The lowest BCUT2D eigenvalue weighted by molar-refractivity contribution is 0.804. The van der Waals surface area contributed by atoms with Crippen molar-refractivity contribution in [3.8, 4) is 0 Å². The monoisotopic (exact) mass is 85.1 g/mol. The first-order valence-corrected chi connectivity index (χ1v) is 2.25. The van der Waals surface area contributed by atoms with Crippen molar-refractivity contribution in [2.24, 2.45) is 5.73 Å². The van der Waals surface area contributed by atoms with E-state index in [0.717, 1.165) is 19.1 Å². The molecule has 0 aromatic heterocycles. The molecule has 6 heavy (non-hydrogen) atoms. The van der Waals surface area contributed by atoms with Crippen molar-refractivity contribution in [2.45, 2.75) is 12.8 Å². The van der Waals surface area contributed by atoms with Gasteiger partial charge in [0.1, 0.15) is 0 Å². The molecule has 0 aromatic carbocycles. The van der Waals surface area contributed by atoms with Crippen LogP contribution in [-0.4, -0.2) is 6.54 Å². The minimum absolute atomic E-state index is 0.954. The molecule has 1 fully saturated rings. The lowest BCUT2D eigenvalue weighted by Gasteiger charge is -1.93. The molecule has 0 atom stereocenters. The van der Waals surface area contributed by atoms with E-state index in [2.05, 4.69) is 5.32 Å². The van der Waals surface area contributed by atoms with Crippen molar-refractivity contribution in [1.82, 2.24) is 5.32 Å². The molecule has 0 bridgehead atoms. The van der Waals surface area contributed by atoms with Crippen molar-refractivity contribution in [2.75, 3.05) is 6.54 Å². The van der Waals surface area contributed by atoms with E-state index in [0.29, 0.717) is 0 Å². The highest BCUT2D eigenvalue weighted by Crippen LogP contribution is 2.03. The summed E-state index contributed by atoms with van der Waals surface area (Å²) in [4.78, 5) is 0. The van der Waals surface area contributed by atoms with Gasteiger partial charge in [-0.15, -0.1) is 0 Å². The van der Waals surface area contributed by atoms with Gasteiger partial charge >= 0.3 is 0 Å². The third-order valence-electron chi connectivity index (χ3n) is 0.975. The zero-order chi connectivity index (χ0) is 4.41. The van der Waals surface area contributed by atoms with Gasteiger partial charge in [0.15, 0.2) is 0 Å². The van der Waals surface area contributed by atoms with E-state index in [1.54, 1.807) is 0 Å². The predicted octanol–water partition coefficient (Wildman–Crippen LogP) is -0.182. The van der Waals surface area contributed by atoms with Crippen molar-refractivity contribution in [3.05, 3.63) is 6.17 Å². The van der Waals surface area contributed by atoms with Crippen molar-refractivity contribution >= 4 is 0 Å². The highest BCUT2D eigenvalue weighted by molar-refractivity contribution is 4.84. The molecule has 0 saturated carbocycles. The summed E-state index contributed by atoms with van der Waals surface area (Å²) in [6, 6.07) is 0. The average molecular weight is 85.1 g/mol. The van der Waals surface area contributed by atoms with Gasteiger partial charge in [0, 0.05) is 0 Å².